The molecule has 0 spiro atoms. The Balaban J connectivity index is 0.00000169. The molecule has 0 saturated carbocycles. The summed E-state index contributed by atoms with van der Waals surface area (Å²) >= 11 is 1.87. The number of nitrogens with one attached hydrogen (secondary N) is 1. The number of anilines is 1. The second-order valence-electron chi connectivity index (χ2n) is 6.09. The Morgan fingerprint density at radius 3 is 2.38 bits per heavy atom. The molecule has 4 rings (SSSR count). The molecule has 2 aliphatic heterocycles. The van der Waals surface area contributed by atoms with E-state index in [0.717, 1.165) is 43.6 Å². The maximum Gasteiger partial charge on any atom is 0.332 e. The molecule has 132 valence electrons. The zero-order valence-corrected chi connectivity index (χ0v) is 15.3. The van der Waals surface area contributed by atoms with Gasteiger partial charge in [0.15, 0.2) is 11.2 Å². The highest BCUT2D eigenvalue weighted by Gasteiger charge is 2.31. The van der Waals surface area contributed by atoms with Crippen LogP contribution >= 0.6 is 24.2 Å². The first kappa shape index (κ1) is 17.4. The van der Waals surface area contributed by atoms with Gasteiger partial charge in [-0.3, -0.25) is 18.5 Å². The predicted molar refractivity (Wildman–Crippen MR) is 98.9 cm³/mol. The number of piperazine rings is 1. The number of aromatic nitrogens is 4. The molecule has 2 fully saturated rings. The zero-order chi connectivity index (χ0) is 16.1. The van der Waals surface area contributed by atoms with Crippen LogP contribution in [0, 0.1) is 0 Å². The van der Waals surface area contributed by atoms with E-state index in [9.17, 15) is 9.59 Å². The number of hydrogen-bond donors (Lipinski definition) is 1. The van der Waals surface area contributed by atoms with E-state index in [1.165, 1.54) is 16.2 Å². The van der Waals surface area contributed by atoms with E-state index in [0.29, 0.717) is 11.2 Å². The molecule has 0 unspecified atom stereocenters. The van der Waals surface area contributed by atoms with Gasteiger partial charge in [-0.1, -0.05) is 0 Å². The van der Waals surface area contributed by atoms with Crippen molar-refractivity contribution in [2.45, 2.75) is 6.04 Å². The molecule has 2 aromatic rings. The molecule has 10 heteroatoms. The van der Waals surface area contributed by atoms with Gasteiger partial charge in [-0.05, 0) is 0 Å². The minimum Gasteiger partial charge on any atom is -0.340 e. The fourth-order valence-electron chi connectivity index (χ4n) is 3.21. The number of halogens is 1. The molecule has 2 aliphatic rings. The van der Waals surface area contributed by atoms with Crippen LogP contribution in [0.3, 0.4) is 0 Å². The lowest BCUT2D eigenvalue weighted by molar-refractivity contribution is 0.545. The molecule has 0 aromatic carbocycles. The van der Waals surface area contributed by atoms with E-state index < -0.39 is 0 Å². The van der Waals surface area contributed by atoms with Crippen molar-refractivity contribution in [3.05, 3.63) is 20.8 Å². The number of hydrogen-bond acceptors (Lipinski definition) is 6. The van der Waals surface area contributed by atoms with Crippen LogP contribution in [0.5, 0.6) is 0 Å². The van der Waals surface area contributed by atoms with Crippen molar-refractivity contribution in [1.82, 2.24) is 24.0 Å². The minimum absolute atomic E-state index is 0. The molecule has 0 aliphatic carbocycles. The number of nitrogens with zero attached hydrogens (tertiary/aromatic N) is 5. The highest BCUT2D eigenvalue weighted by molar-refractivity contribution is 8.00. The second-order valence-corrected chi connectivity index (χ2v) is 7.16. The van der Waals surface area contributed by atoms with Crippen LogP contribution in [0.4, 0.5) is 5.95 Å². The molecule has 0 atom stereocenters. The number of rotatable bonds is 2. The summed E-state index contributed by atoms with van der Waals surface area (Å²) in [6.45, 7) is 3.52. The van der Waals surface area contributed by atoms with Gasteiger partial charge in [-0.2, -0.15) is 16.7 Å². The van der Waals surface area contributed by atoms with Crippen LogP contribution in [-0.4, -0.2) is 56.4 Å². The first-order valence-electron chi connectivity index (χ1n) is 7.81. The van der Waals surface area contributed by atoms with Gasteiger partial charge >= 0.3 is 5.69 Å². The summed E-state index contributed by atoms with van der Waals surface area (Å²) in [5.74, 6) is 2.79. The van der Waals surface area contributed by atoms with Crippen LogP contribution in [0.15, 0.2) is 9.59 Å². The molecule has 2 saturated heterocycles. The normalized spacial score (nSPS) is 18.5. The Kier molecular flexibility index (Phi) is 4.67. The first-order valence-corrected chi connectivity index (χ1v) is 8.96. The number of fused-ring (bicyclic) bond motifs is 1. The smallest absolute Gasteiger partial charge is 0.332 e. The van der Waals surface area contributed by atoms with Gasteiger partial charge in [0.25, 0.3) is 5.56 Å². The van der Waals surface area contributed by atoms with Gasteiger partial charge in [-0.15, -0.1) is 12.4 Å². The average molecular weight is 373 g/mol. The summed E-state index contributed by atoms with van der Waals surface area (Å²) in [6.07, 6.45) is 0. The van der Waals surface area contributed by atoms with Crippen LogP contribution < -0.4 is 21.5 Å². The van der Waals surface area contributed by atoms with Crippen molar-refractivity contribution in [2.75, 3.05) is 42.6 Å². The molecule has 1 N–H and O–H groups in total. The van der Waals surface area contributed by atoms with Crippen LogP contribution in [0.1, 0.15) is 6.04 Å². The van der Waals surface area contributed by atoms with Crippen molar-refractivity contribution >= 4 is 41.3 Å². The van der Waals surface area contributed by atoms with Crippen molar-refractivity contribution in [2.24, 2.45) is 14.1 Å². The van der Waals surface area contributed by atoms with Crippen molar-refractivity contribution in [3.8, 4) is 0 Å². The third-order valence-corrected chi connectivity index (χ3v) is 5.90. The molecular weight excluding hydrogens is 352 g/mol. The van der Waals surface area contributed by atoms with Gasteiger partial charge in [0.1, 0.15) is 0 Å². The maximum atomic E-state index is 12.7. The summed E-state index contributed by atoms with van der Waals surface area (Å²) < 4.78 is 4.72. The van der Waals surface area contributed by atoms with E-state index in [1.54, 1.807) is 7.05 Å². The fraction of sp³-hybridized carbons (Fsp3) is 0.643. The first-order chi connectivity index (χ1) is 11.1. The second kappa shape index (κ2) is 6.45. The molecule has 4 heterocycles. The van der Waals surface area contributed by atoms with Crippen molar-refractivity contribution in [3.63, 3.8) is 0 Å². The molecule has 24 heavy (non-hydrogen) atoms. The number of aryl methyl sites for hydroxylation is 1. The summed E-state index contributed by atoms with van der Waals surface area (Å²) in [5, 5.41) is 3.33. The van der Waals surface area contributed by atoms with Gasteiger partial charge in [0, 0.05) is 51.8 Å². The summed E-state index contributed by atoms with van der Waals surface area (Å²) in [7, 11) is 3.21. The van der Waals surface area contributed by atoms with Gasteiger partial charge < -0.3 is 10.2 Å². The molecule has 2 aromatic heterocycles. The van der Waals surface area contributed by atoms with Crippen LogP contribution in [0.2, 0.25) is 0 Å². The van der Waals surface area contributed by atoms with E-state index in [2.05, 4.69) is 14.8 Å². The molecule has 0 radical (unpaired) electrons. The summed E-state index contributed by atoms with van der Waals surface area (Å²) in [4.78, 5) is 31.8. The standard InChI is InChI=1S/C14H20N6O2S.ClH/c1-17-11-10(12(21)18(2)14(17)22)20(9-7-23-8-9)13(16-11)19-5-3-15-4-6-19;/h9,15H,3-8H2,1-2H3;1H. The third-order valence-electron chi connectivity index (χ3n) is 4.66. The number of imidazole rings is 1. The molecular formula is C14H21ClN6O2S. The number of thioether (sulfide) groups is 1. The minimum atomic E-state index is -0.331. The lowest BCUT2D eigenvalue weighted by Crippen LogP contribution is -2.45. The SMILES string of the molecule is Cl.Cn1c(=O)c2c(nc(N3CCNCC3)n2C2CSC2)n(C)c1=O. The average Bonchev–Trinajstić information content (AvgIpc) is 2.90. The van der Waals surface area contributed by atoms with Crippen molar-refractivity contribution < 1.29 is 0 Å². The summed E-state index contributed by atoms with van der Waals surface area (Å²) in [5.41, 5.74) is 0.452. The molecule has 0 amide bonds. The summed E-state index contributed by atoms with van der Waals surface area (Å²) in [6, 6.07) is 0.278. The zero-order valence-electron chi connectivity index (χ0n) is 13.7. The molecule has 8 nitrogen and oxygen atoms in total. The highest BCUT2D eigenvalue weighted by atomic mass is 35.5. The quantitative estimate of drug-likeness (QED) is 0.769. The predicted octanol–water partition coefficient (Wildman–Crippen LogP) is -0.447. The van der Waals surface area contributed by atoms with E-state index in [-0.39, 0.29) is 29.7 Å². The third kappa shape index (κ3) is 2.46. The monoisotopic (exact) mass is 372 g/mol. The molecule has 0 bridgehead atoms. The Morgan fingerprint density at radius 2 is 1.79 bits per heavy atom. The topological polar surface area (TPSA) is 77.1 Å². The lowest BCUT2D eigenvalue weighted by Gasteiger charge is -2.33. The van der Waals surface area contributed by atoms with E-state index in [4.69, 9.17) is 4.98 Å². The van der Waals surface area contributed by atoms with Gasteiger partial charge in [0.05, 0.1) is 6.04 Å². The lowest BCUT2D eigenvalue weighted by atomic mass is 10.3. The van der Waals surface area contributed by atoms with Crippen molar-refractivity contribution in [1.29, 1.82) is 0 Å². The van der Waals surface area contributed by atoms with Crippen LogP contribution in [-0.2, 0) is 14.1 Å². The Bertz CT molecular complexity index is 878. The largest absolute Gasteiger partial charge is 0.340 e. The Morgan fingerprint density at radius 1 is 1.12 bits per heavy atom. The van der Waals surface area contributed by atoms with Crippen LogP contribution in [0.25, 0.3) is 11.2 Å². The van der Waals surface area contributed by atoms with E-state index >= 15 is 0 Å². The van der Waals surface area contributed by atoms with Gasteiger partial charge in [-0.25, -0.2) is 4.79 Å². The van der Waals surface area contributed by atoms with E-state index in [1.807, 2.05) is 11.8 Å². The fourth-order valence-corrected chi connectivity index (χ4v) is 3.95. The highest BCUT2D eigenvalue weighted by Crippen LogP contribution is 2.35. The van der Waals surface area contributed by atoms with Gasteiger partial charge in [0.2, 0.25) is 5.95 Å². The Hall–Kier alpha value is -1.45. The Labute approximate surface area is 149 Å². The maximum absolute atomic E-state index is 12.7.